The number of carboxylic acid groups (broad SMARTS) is 2. The standard InChI is InChI=1S/C5H9NO4.C3H4N2.Cu.Nd/c6-3(5(9)10)1-2-4(7)8;1-2-5-3-4-1;;/h3H,1-2,6H2,(H,7,8)(H,9,10);1-3H,(H,4,5);;. The van der Waals surface area contributed by atoms with Gasteiger partial charge in [0.05, 0.1) is 6.33 Å². The smallest absolute Gasteiger partial charge is 0.320 e. The van der Waals surface area contributed by atoms with Gasteiger partial charge in [-0.1, -0.05) is 0 Å². The van der Waals surface area contributed by atoms with Crippen LogP contribution in [0.3, 0.4) is 0 Å². The van der Waals surface area contributed by atoms with Crippen LogP contribution in [0.5, 0.6) is 0 Å². The maximum absolute atomic E-state index is 9.99. The van der Waals surface area contributed by atoms with E-state index in [1.165, 1.54) is 0 Å². The van der Waals surface area contributed by atoms with Crippen molar-refractivity contribution in [2.45, 2.75) is 18.9 Å². The van der Waals surface area contributed by atoms with Gasteiger partial charge in [-0.25, -0.2) is 4.98 Å². The van der Waals surface area contributed by atoms with Gasteiger partial charge in [-0.2, -0.15) is 0 Å². The van der Waals surface area contributed by atoms with Crippen molar-refractivity contribution in [2.75, 3.05) is 0 Å². The summed E-state index contributed by atoms with van der Waals surface area (Å²) in [6.07, 6.45) is 4.86. The predicted molar refractivity (Wildman–Crippen MR) is 51.1 cm³/mol. The van der Waals surface area contributed by atoms with Gasteiger partial charge in [0.15, 0.2) is 0 Å². The molecule has 9 heteroatoms. The first kappa shape index (κ1) is 22.2. The van der Waals surface area contributed by atoms with E-state index in [1.807, 2.05) is 0 Å². The van der Waals surface area contributed by atoms with Gasteiger partial charge in [0.2, 0.25) is 0 Å². The summed E-state index contributed by atoms with van der Waals surface area (Å²) in [7, 11) is 0. The Morgan fingerprint density at radius 1 is 1.41 bits per heavy atom. The van der Waals surface area contributed by atoms with Gasteiger partial charge in [-0.15, -0.1) is 0 Å². The van der Waals surface area contributed by atoms with Gasteiger partial charge in [-0.3, -0.25) is 9.59 Å². The zero-order valence-corrected chi connectivity index (χ0v) is 12.9. The van der Waals surface area contributed by atoms with Crippen LogP contribution in [0.25, 0.3) is 0 Å². The largest absolute Gasteiger partial charge is 0.481 e. The topological polar surface area (TPSA) is 129 Å². The Morgan fingerprint density at radius 3 is 2.24 bits per heavy atom. The Kier molecular flexibility index (Phi) is 18.3. The first-order valence-corrected chi connectivity index (χ1v) is 4.17. The second kappa shape index (κ2) is 14.0. The molecule has 0 bridgehead atoms. The molecule has 0 spiro atoms. The minimum atomic E-state index is -1.17. The molecule has 1 heterocycles. The molecule has 0 aliphatic carbocycles. The molecule has 1 aromatic rings. The molecule has 0 fully saturated rings. The number of rotatable bonds is 4. The number of nitrogens with one attached hydrogen (secondary N) is 1. The van der Waals surface area contributed by atoms with E-state index in [2.05, 4.69) is 9.97 Å². The van der Waals surface area contributed by atoms with Crippen molar-refractivity contribution in [3.05, 3.63) is 18.7 Å². The van der Waals surface area contributed by atoms with Gasteiger partial charge in [0, 0.05) is 76.7 Å². The number of aromatic nitrogens is 2. The molecule has 0 aromatic carbocycles. The number of hydrogen-bond donors (Lipinski definition) is 4. The second-order valence-electron chi connectivity index (χ2n) is 2.64. The van der Waals surface area contributed by atoms with E-state index in [-0.39, 0.29) is 70.7 Å². The Morgan fingerprint density at radius 2 is 2.00 bits per heavy atom. The molecular weight excluding hydrogens is 410 g/mol. The Labute approximate surface area is 142 Å². The summed E-state index contributed by atoms with van der Waals surface area (Å²) in [5.41, 5.74) is 5.00. The molecule has 0 amide bonds. The van der Waals surface area contributed by atoms with E-state index >= 15 is 0 Å². The van der Waals surface area contributed by atoms with E-state index in [9.17, 15) is 9.59 Å². The molecule has 5 N–H and O–H groups in total. The maximum atomic E-state index is 9.99. The third kappa shape index (κ3) is 16.0. The summed E-state index contributed by atoms with van der Waals surface area (Å²) >= 11 is 0. The van der Waals surface area contributed by atoms with Crippen LogP contribution < -0.4 is 5.73 Å². The molecule has 0 saturated carbocycles. The predicted octanol–water partition coefficient (Wildman–Crippen LogP) is -0.330. The molecule has 99 valence electrons. The number of carboxylic acids is 2. The number of aliphatic carboxylic acids is 2. The van der Waals surface area contributed by atoms with Crippen LogP contribution in [0.1, 0.15) is 12.8 Å². The molecule has 1 atom stereocenters. The van der Waals surface area contributed by atoms with Crippen LogP contribution in [0, 0.1) is 40.8 Å². The van der Waals surface area contributed by atoms with E-state index in [0.29, 0.717) is 0 Å². The van der Waals surface area contributed by atoms with E-state index in [4.69, 9.17) is 15.9 Å². The van der Waals surface area contributed by atoms with Crippen molar-refractivity contribution in [3.8, 4) is 0 Å². The van der Waals surface area contributed by atoms with Crippen LogP contribution in [0.15, 0.2) is 18.7 Å². The van der Waals surface area contributed by atoms with Crippen molar-refractivity contribution in [2.24, 2.45) is 5.73 Å². The number of aromatic amines is 1. The van der Waals surface area contributed by atoms with Crippen LogP contribution >= 0.6 is 0 Å². The number of hydrogen-bond acceptors (Lipinski definition) is 4. The molecule has 0 saturated heterocycles. The molecule has 1 radical (unpaired) electrons. The molecule has 0 aliphatic rings. The SMILES string of the molecule is NC(CCC(=O)O)C(=O)O.[Cu].[Nd].c1c[nH]cn1. The summed E-state index contributed by atoms with van der Waals surface area (Å²) in [6, 6.07) is -1.06. The fourth-order valence-corrected chi connectivity index (χ4v) is 0.618. The van der Waals surface area contributed by atoms with Gasteiger partial charge in [0.1, 0.15) is 6.04 Å². The van der Waals surface area contributed by atoms with Crippen molar-refractivity contribution < 1.29 is 77.7 Å². The number of nitrogens with zero attached hydrogens (tertiary/aromatic N) is 1. The monoisotopic (exact) mass is 420 g/mol. The van der Waals surface area contributed by atoms with E-state index < -0.39 is 18.0 Å². The fraction of sp³-hybridized carbons (Fsp3) is 0.375. The number of carbonyl (C=O) groups is 2. The number of imidazole rings is 1. The zero-order valence-electron chi connectivity index (χ0n) is 8.76. The summed E-state index contributed by atoms with van der Waals surface area (Å²) in [5, 5.41) is 16.3. The zero-order chi connectivity index (χ0) is 11.7. The van der Waals surface area contributed by atoms with Crippen LogP contribution in [-0.4, -0.2) is 38.2 Å². The van der Waals surface area contributed by atoms with Crippen LogP contribution in [0.2, 0.25) is 0 Å². The first-order chi connectivity index (χ1) is 7.04. The minimum absolute atomic E-state index is 0. The van der Waals surface area contributed by atoms with Crippen molar-refractivity contribution in [1.82, 2.24) is 9.97 Å². The number of H-pyrrole nitrogens is 1. The average Bonchev–Trinajstić information content (AvgIpc) is 2.71. The summed E-state index contributed by atoms with van der Waals surface area (Å²) in [6.45, 7) is 0. The molecule has 1 rings (SSSR count). The van der Waals surface area contributed by atoms with Gasteiger partial charge < -0.3 is 20.9 Å². The molecular formula is C8H13CuN3NdO4. The van der Waals surface area contributed by atoms with E-state index in [0.717, 1.165) is 0 Å². The number of nitrogens with two attached hydrogens (primary N) is 1. The Hall–Kier alpha value is -0.0199. The van der Waals surface area contributed by atoms with E-state index in [1.54, 1.807) is 18.7 Å². The van der Waals surface area contributed by atoms with Gasteiger partial charge >= 0.3 is 11.9 Å². The van der Waals surface area contributed by atoms with Crippen LogP contribution in [-0.2, 0) is 26.7 Å². The first-order valence-electron chi connectivity index (χ1n) is 4.17. The van der Waals surface area contributed by atoms with Gasteiger partial charge in [-0.05, 0) is 6.42 Å². The second-order valence-corrected chi connectivity index (χ2v) is 2.64. The van der Waals surface area contributed by atoms with Crippen molar-refractivity contribution in [3.63, 3.8) is 0 Å². The van der Waals surface area contributed by atoms with Crippen LogP contribution in [0.4, 0.5) is 0 Å². The Bertz CT molecular complexity index is 280. The Balaban J connectivity index is -0.000000238. The van der Waals surface area contributed by atoms with Crippen molar-refractivity contribution in [1.29, 1.82) is 0 Å². The fourth-order valence-electron chi connectivity index (χ4n) is 0.618. The third-order valence-electron chi connectivity index (χ3n) is 1.39. The minimum Gasteiger partial charge on any atom is -0.481 e. The molecule has 0 aliphatic heterocycles. The quantitative estimate of drug-likeness (QED) is 0.492. The average molecular weight is 423 g/mol. The third-order valence-corrected chi connectivity index (χ3v) is 1.39. The summed E-state index contributed by atoms with van der Waals surface area (Å²) in [4.78, 5) is 26.3. The molecule has 17 heavy (non-hydrogen) atoms. The summed E-state index contributed by atoms with van der Waals surface area (Å²) in [5.74, 6) is -2.20. The maximum Gasteiger partial charge on any atom is 0.320 e. The molecule has 7 nitrogen and oxygen atoms in total. The van der Waals surface area contributed by atoms with Gasteiger partial charge in [0.25, 0.3) is 0 Å². The molecule has 1 unspecified atom stereocenters. The van der Waals surface area contributed by atoms with Crippen molar-refractivity contribution >= 4 is 11.9 Å². The summed E-state index contributed by atoms with van der Waals surface area (Å²) < 4.78 is 0. The molecule has 1 aromatic heterocycles. The normalized spacial score (nSPS) is 9.71.